The summed E-state index contributed by atoms with van der Waals surface area (Å²) >= 11 is 0. The molecule has 3 aromatic rings. The monoisotopic (exact) mass is 519 g/mol. The van der Waals surface area contributed by atoms with E-state index in [2.05, 4.69) is 25.5 Å². The molecule has 4 rings (SSSR count). The van der Waals surface area contributed by atoms with E-state index in [9.17, 15) is 8.42 Å². The summed E-state index contributed by atoms with van der Waals surface area (Å²) < 4.78 is 30.7. The van der Waals surface area contributed by atoms with E-state index in [4.69, 9.17) is 16.3 Å². The molecule has 0 aliphatic carbocycles. The van der Waals surface area contributed by atoms with Crippen LogP contribution in [0, 0.1) is 6.57 Å². The van der Waals surface area contributed by atoms with Crippen LogP contribution in [0.3, 0.4) is 0 Å². The highest BCUT2D eigenvalue weighted by atomic mass is 32.2. The summed E-state index contributed by atoms with van der Waals surface area (Å²) in [5.74, 6) is 0.296. The van der Waals surface area contributed by atoms with Crippen molar-refractivity contribution in [2.75, 3.05) is 48.5 Å². The molecule has 0 saturated heterocycles. The number of sulfonamides is 1. The fraction of sp³-hybridized carbons (Fsp3) is 0.308. The minimum absolute atomic E-state index is 0.296. The number of hydrogen-bond acceptors (Lipinski definition) is 8. The predicted octanol–water partition coefficient (Wildman–Crippen LogP) is 4.46. The minimum atomic E-state index is -3.45. The highest BCUT2D eigenvalue weighted by molar-refractivity contribution is 7.92. The highest BCUT2D eigenvalue weighted by Gasteiger charge is 2.22. The molecule has 3 heterocycles. The Morgan fingerprint density at radius 2 is 1.89 bits per heavy atom. The molecule has 2 N–H and O–H groups in total. The van der Waals surface area contributed by atoms with E-state index in [1.807, 2.05) is 37.3 Å². The van der Waals surface area contributed by atoms with Crippen LogP contribution in [0.4, 0.5) is 34.3 Å². The Hall–Kier alpha value is -4.01. The molecule has 0 bridgehead atoms. The zero-order valence-corrected chi connectivity index (χ0v) is 22.1. The quantitative estimate of drug-likeness (QED) is 0.300. The van der Waals surface area contributed by atoms with Crippen molar-refractivity contribution >= 4 is 50.0 Å². The zero-order valence-electron chi connectivity index (χ0n) is 21.2. The number of methoxy groups -OCH3 is 1. The van der Waals surface area contributed by atoms with Crippen molar-refractivity contribution in [3.63, 3.8) is 0 Å². The number of ether oxygens (including phenoxy) is 1. The van der Waals surface area contributed by atoms with Gasteiger partial charge >= 0.3 is 0 Å². The fourth-order valence-electron chi connectivity index (χ4n) is 4.02. The minimum Gasteiger partial charge on any atom is -0.390 e. The number of para-hydroxylation sites is 2. The van der Waals surface area contributed by atoms with Gasteiger partial charge in [-0.25, -0.2) is 8.42 Å². The number of nitrogens with one attached hydrogen (secondary N) is 2. The third kappa shape index (κ3) is 6.04. The second-order valence-corrected chi connectivity index (χ2v) is 10.7. The van der Waals surface area contributed by atoms with Crippen LogP contribution in [-0.2, 0) is 27.6 Å². The lowest BCUT2D eigenvalue weighted by molar-refractivity contribution is 0.211. The van der Waals surface area contributed by atoms with Crippen molar-refractivity contribution in [1.82, 2.24) is 9.97 Å². The van der Waals surface area contributed by atoms with Crippen molar-refractivity contribution in [1.29, 1.82) is 0 Å². The molecule has 192 valence electrons. The molecule has 10 nitrogen and oxygen atoms in total. The Balaban J connectivity index is 1.67. The number of benzene rings is 1. The van der Waals surface area contributed by atoms with Crippen molar-refractivity contribution in [2.24, 2.45) is 4.99 Å². The summed E-state index contributed by atoms with van der Waals surface area (Å²) in [5, 5.41) is 6.56. The van der Waals surface area contributed by atoms with E-state index >= 15 is 0 Å². The molecule has 0 spiro atoms. The standard InChI is InChI=1S/C26H29N7O3S/c1-17-14-22-25(29-17)23(32-20-8-6-7-9-24(20)33(3)37(5,34)35)16-19(30-22)15-18-10-11-21(26(27-2)31-18)28-12-13-36-4/h6-11,16,28H,12-15H2,1,3-5H3,(H,30,32). The molecule has 0 fully saturated rings. The predicted molar refractivity (Wildman–Crippen MR) is 147 cm³/mol. The third-order valence-corrected chi connectivity index (χ3v) is 7.07. The van der Waals surface area contributed by atoms with Crippen LogP contribution in [0.2, 0.25) is 0 Å². The molecule has 0 atom stereocenters. The Kier molecular flexibility index (Phi) is 7.71. The Morgan fingerprint density at radius 3 is 2.62 bits per heavy atom. The molecule has 2 aromatic heterocycles. The number of anilines is 4. The smallest absolute Gasteiger partial charge is 0.292 e. The Bertz CT molecular complexity index is 1500. The summed E-state index contributed by atoms with van der Waals surface area (Å²) in [5.41, 5.74) is 6.57. The summed E-state index contributed by atoms with van der Waals surface area (Å²) in [6.45, 7) is 10.6. The first-order valence-electron chi connectivity index (χ1n) is 11.7. The largest absolute Gasteiger partial charge is 0.390 e. The molecule has 1 aromatic carbocycles. The molecule has 0 saturated carbocycles. The van der Waals surface area contributed by atoms with E-state index in [1.165, 1.54) is 17.6 Å². The van der Waals surface area contributed by atoms with Gasteiger partial charge in [0.05, 0.1) is 53.4 Å². The van der Waals surface area contributed by atoms with Gasteiger partial charge in [0.1, 0.15) is 11.4 Å². The lowest BCUT2D eigenvalue weighted by atomic mass is 10.1. The van der Waals surface area contributed by atoms with Gasteiger partial charge in [0, 0.05) is 32.8 Å². The Morgan fingerprint density at radius 1 is 1.11 bits per heavy atom. The second kappa shape index (κ2) is 10.9. The topological polar surface area (TPSA) is 113 Å². The fourth-order valence-corrected chi connectivity index (χ4v) is 4.53. The lowest BCUT2D eigenvalue weighted by Crippen LogP contribution is -2.25. The van der Waals surface area contributed by atoms with Crippen LogP contribution in [-0.4, -0.2) is 57.7 Å². The normalized spacial score (nSPS) is 12.5. The molecule has 0 unspecified atom stereocenters. The van der Waals surface area contributed by atoms with Gasteiger partial charge in [-0.05, 0) is 37.3 Å². The van der Waals surface area contributed by atoms with Gasteiger partial charge in [-0.2, -0.15) is 0 Å². The van der Waals surface area contributed by atoms with E-state index in [0.29, 0.717) is 48.9 Å². The van der Waals surface area contributed by atoms with Crippen LogP contribution in [0.1, 0.15) is 24.0 Å². The molecule has 1 aliphatic rings. The van der Waals surface area contributed by atoms with Crippen molar-refractivity contribution in [3.8, 4) is 0 Å². The van der Waals surface area contributed by atoms with Gasteiger partial charge in [0.25, 0.3) is 5.82 Å². The number of pyridine rings is 2. The number of nitrogens with zero attached hydrogens (tertiary/aromatic N) is 5. The molecule has 0 amide bonds. The van der Waals surface area contributed by atoms with Crippen molar-refractivity contribution in [2.45, 2.75) is 19.8 Å². The number of hydrogen-bond donors (Lipinski definition) is 2. The maximum atomic E-state index is 12.2. The third-order valence-electron chi connectivity index (χ3n) is 5.88. The average Bonchev–Trinajstić information content (AvgIpc) is 3.24. The second-order valence-electron chi connectivity index (χ2n) is 8.73. The lowest BCUT2D eigenvalue weighted by Gasteiger charge is -2.21. The van der Waals surface area contributed by atoms with Gasteiger partial charge < -0.3 is 20.2 Å². The van der Waals surface area contributed by atoms with Crippen LogP contribution in [0.5, 0.6) is 0 Å². The number of fused-ring (bicyclic) bond motifs is 1. The van der Waals surface area contributed by atoms with Gasteiger partial charge in [0.2, 0.25) is 10.0 Å². The zero-order chi connectivity index (χ0) is 26.6. The first-order chi connectivity index (χ1) is 17.7. The van der Waals surface area contributed by atoms with Gasteiger partial charge in [-0.1, -0.05) is 18.7 Å². The van der Waals surface area contributed by atoms with Crippen LogP contribution >= 0.6 is 0 Å². The number of aliphatic imine (C=N–C) groups is 1. The summed E-state index contributed by atoms with van der Waals surface area (Å²) in [6.07, 6.45) is 2.22. The van der Waals surface area contributed by atoms with Crippen molar-refractivity contribution in [3.05, 3.63) is 71.0 Å². The SMILES string of the molecule is [C-]#[N+]c1nc(Cc2cc(Nc3ccccc3N(C)S(C)(=O)=O)c3c(n2)CC(C)=N3)ccc1NCCOC. The maximum Gasteiger partial charge on any atom is 0.292 e. The van der Waals surface area contributed by atoms with Gasteiger partial charge in [0.15, 0.2) is 0 Å². The van der Waals surface area contributed by atoms with E-state index in [-0.39, 0.29) is 0 Å². The van der Waals surface area contributed by atoms with Gasteiger partial charge in [-0.3, -0.25) is 14.3 Å². The van der Waals surface area contributed by atoms with E-state index < -0.39 is 10.0 Å². The van der Waals surface area contributed by atoms with Crippen LogP contribution < -0.4 is 14.9 Å². The number of rotatable bonds is 10. The first kappa shape index (κ1) is 26.1. The average molecular weight is 520 g/mol. The first-order valence-corrected chi connectivity index (χ1v) is 13.5. The molecule has 11 heteroatoms. The Labute approximate surface area is 217 Å². The summed E-state index contributed by atoms with van der Waals surface area (Å²) in [6, 6.07) is 12.8. The molecule has 0 radical (unpaired) electrons. The maximum absolute atomic E-state index is 12.2. The van der Waals surface area contributed by atoms with Crippen molar-refractivity contribution < 1.29 is 13.2 Å². The number of aromatic nitrogens is 2. The van der Waals surface area contributed by atoms with Crippen LogP contribution in [0.25, 0.3) is 4.85 Å². The molecular formula is C26H29N7O3S. The van der Waals surface area contributed by atoms with E-state index in [0.717, 1.165) is 34.2 Å². The van der Waals surface area contributed by atoms with Gasteiger partial charge in [-0.15, -0.1) is 4.98 Å². The highest BCUT2D eigenvalue weighted by Crippen LogP contribution is 2.38. The molecule has 1 aliphatic heterocycles. The summed E-state index contributed by atoms with van der Waals surface area (Å²) in [7, 11) is -0.300. The van der Waals surface area contributed by atoms with Crippen LogP contribution in [0.15, 0.2) is 47.5 Å². The molecular weight excluding hydrogens is 490 g/mol. The summed E-state index contributed by atoms with van der Waals surface area (Å²) in [4.78, 5) is 17.6. The molecule has 37 heavy (non-hydrogen) atoms. The van der Waals surface area contributed by atoms with E-state index in [1.54, 1.807) is 19.2 Å².